The van der Waals surface area contributed by atoms with Crippen molar-refractivity contribution in [3.63, 3.8) is 0 Å². The number of carbonyl (C=O) groups excluding carboxylic acids is 1. The van der Waals surface area contributed by atoms with E-state index in [0.717, 1.165) is 15.8 Å². The van der Waals surface area contributed by atoms with Crippen LogP contribution in [0, 0.1) is 3.57 Å². The van der Waals surface area contributed by atoms with Crippen molar-refractivity contribution in [2.24, 2.45) is 0 Å². The number of nitrogens with zero attached hydrogens (tertiary/aromatic N) is 1. The van der Waals surface area contributed by atoms with Crippen molar-refractivity contribution in [1.29, 1.82) is 0 Å². The lowest BCUT2D eigenvalue weighted by Gasteiger charge is -2.25. The van der Waals surface area contributed by atoms with E-state index in [4.69, 9.17) is 5.11 Å². The molecule has 106 valence electrons. The molecule has 0 unspecified atom stereocenters. The molecule has 0 fully saturated rings. The van der Waals surface area contributed by atoms with Crippen molar-refractivity contribution in [2.45, 2.75) is 26.3 Å². The molecule has 0 aliphatic rings. The Bertz CT molecular complexity index is 410. The molecular formula is C14H21IN2O2. The standard InChI is InChI=1S/C14H21IN2O2/c1-11(2)17(7-4-8-18)10-14(19)16-13-6-3-5-12(15)9-13/h3,5-6,9,11,18H,4,7-8,10H2,1-2H3,(H,16,19). The lowest BCUT2D eigenvalue weighted by Crippen LogP contribution is -2.39. The molecule has 19 heavy (non-hydrogen) atoms. The highest BCUT2D eigenvalue weighted by Gasteiger charge is 2.13. The summed E-state index contributed by atoms with van der Waals surface area (Å²) in [6, 6.07) is 8.01. The third-order valence-electron chi connectivity index (χ3n) is 2.79. The van der Waals surface area contributed by atoms with Crippen molar-refractivity contribution in [1.82, 2.24) is 4.90 Å². The van der Waals surface area contributed by atoms with Crippen molar-refractivity contribution in [2.75, 3.05) is 25.0 Å². The van der Waals surface area contributed by atoms with Gasteiger partial charge in [0.1, 0.15) is 0 Å². The maximum Gasteiger partial charge on any atom is 0.238 e. The van der Waals surface area contributed by atoms with Crippen LogP contribution in [0.5, 0.6) is 0 Å². The van der Waals surface area contributed by atoms with E-state index in [1.807, 2.05) is 24.3 Å². The zero-order valence-electron chi connectivity index (χ0n) is 11.4. The second kappa shape index (κ2) is 8.50. The predicted molar refractivity (Wildman–Crippen MR) is 86.2 cm³/mol. The summed E-state index contributed by atoms with van der Waals surface area (Å²) in [5.74, 6) is -0.0198. The maximum atomic E-state index is 12.0. The molecule has 0 aromatic heterocycles. The Morgan fingerprint density at radius 3 is 2.79 bits per heavy atom. The van der Waals surface area contributed by atoms with Crippen LogP contribution in [0.4, 0.5) is 5.69 Å². The molecule has 5 heteroatoms. The van der Waals surface area contributed by atoms with Gasteiger partial charge in [-0.25, -0.2) is 0 Å². The van der Waals surface area contributed by atoms with Crippen LogP contribution in [0.3, 0.4) is 0 Å². The molecule has 1 aromatic carbocycles. The van der Waals surface area contributed by atoms with Crippen LogP contribution in [0.1, 0.15) is 20.3 Å². The molecule has 0 bridgehead atoms. The molecule has 0 spiro atoms. The number of aliphatic hydroxyl groups excluding tert-OH is 1. The molecule has 1 aromatic rings. The Hall–Kier alpha value is -0.660. The Kier molecular flexibility index (Phi) is 7.33. The molecule has 0 saturated carbocycles. The van der Waals surface area contributed by atoms with Crippen LogP contribution in [0.25, 0.3) is 0 Å². The molecular weight excluding hydrogens is 355 g/mol. The summed E-state index contributed by atoms with van der Waals surface area (Å²) in [5, 5.41) is 11.8. The van der Waals surface area contributed by atoms with Crippen LogP contribution in [-0.2, 0) is 4.79 Å². The number of aliphatic hydroxyl groups is 1. The first-order valence-corrected chi connectivity index (χ1v) is 7.51. The maximum absolute atomic E-state index is 12.0. The molecule has 2 N–H and O–H groups in total. The fourth-order valence-electron chi connectivity index (χ4n) is 1.74. The fraction of sp³-hybridized carbons (Fsp3) is 0.500. The number of anilines is 1. The van der Waals surface area contributed by atoms with Gasteiger partial charge < -0.3 is 10.4 Å². The Labute approximate surface area is 128 Å². The van der Waals surface area contributed by atoms with Crippen molar-refractivity contribution >= 4 is 34.2 Å². The largest absolute Gasteiger partial charge is 0.396 e. The van der Waals surface area contributed by atoms with Gasteiger partial charge in [0.25, 0.3) is 0 Å². The van der Waals surface area contributed by atoms with Gasteiger partial charge in [-0.1, -0.05) is 6.07 Å². The smallest absolute Gasteiger partial charge is 0.238 e. The molecule has 0 radical (unpaired) electrons. The van der Waals surface area contributed by atoms with Gasteiger partial charge in [0.05, 0.1) is 6.54 Å². The van der Waals surface area contributed by atoms with E-state index < -0.39 is 0 Å². The summed E-state index contributed by atoms with van der Waals surface area (Å²) in [6.45, 7) is 5.34. The van der Waals surface area contributed by atoms with Crippen LogP contribution >= 0.6 is 22.6 Å². The molecule has 0 aliphatic heterocycles. The van der Waals surface area contributed by atoms with Crippen LogP contribution in [-0.4, -0.2) is 41.7 Å². The number of halogens is 1. The fourth-order valence-corrected chi connectivity index (χ4v) is 2.29. The Morgan fingerprint density at radius 2 is 2.21 bits per heavy atom. The molecule has 1 rings (SSSR count). The molecule has 0 atom stereocenters. The van der Waals surface area contributed by atoms with Crippen molar-refractivity contribution in [3.05, 3.63) is 27.8 Å². The van der Waals surface area contributed by atoms with Crippen LogP contribution in [0.2, 0.25) is 0 Å². The molecule has 4 nitrogen and oxygen atoms in total. The number of rotatable bonds is 7. The average Bonchev–Trinajstić information content (AvgIpc) is 2.34. The zero-order chi connectivity index (χ0) is 14.3. The first-order chi connectivity index (χ1) is 9.02. The lowest BCUT2D eigenvalue weighted by atomic mass is 10.2. The van der Waals surface area contributed by atoms with E-state index in [-0.39, 0.29) is 18.6 Å². The Balaban J connectivity index is 2.52. The summed E-state index contributed by atoms with van der Waals surface area (Å²) in [4.78, 5) is 14.0. The minimum absolute atomic E-state index is 0.0198. The van der Waals surface area contributed by atoms with E-state index in [1.165, 1.54) is 0 Å². The molecule has 0 aliphatic carbocycles. The highest BCUT2D eigenvalue weighted by Crippen LogP contribution is 2.12. The minimum Gasteiger partial charge on any atom is -0.396 e. The number of nitrogens with one attached hydrogen (secondary N) is 1. The first kappa shape index (κ1) is 16.4. The predicted octanol–water partition coefficient (Wildman–Crippen LogP) is 2.32. The monoisotopic (exact) mass is 376 g/mol. The average molecular weight is 376 g/mol. The van der Waals surface area contributed by atoms with Gasteiger partial charge in [0.2, 0.25) is 5.91 Å². The summed E-state index contributed by atoms with van der Waals surface area (Å²) in [6.07, 6.45) is 0.689. The SMILES string of the molecule is CC(C)N(CCCO)CC(=O)Nc1cccc(I)c1. The minimum atomic E-state index is -0.0198. The van der Waals surface area contributed by atoms with Gasteiger partial charge in [-0.05, 0) is 61.1 Å². The number of hydrogen-bond acceptors (Lipinski definition) is 3. The summed E-state index contributed by atoms with van der Waals surface area (Å²) < 4.78 is 1.09. The van der Waals surface area contributed by atoms with E-state index in [1.54, 1.807) is 0 Å². The van der Waals surface area contributed by atoms with E-state index in [0.29, 0.717) is 13.0 Å². The Morgan fingerprint density at radius 1 is 1.47 bits per heavy atom. The quantitative estimate of drug-likeness (QED) is 0.719. The third-order valence-corrected chi connectivity index (χ3v) is 3.46. The zero-order valence-corrected chi connectivity index (χ0v) is 13.6. The van der Waals surface area contributed by atoms with Crippen molar-refractivity contribution < 1.29 is 9.90 Å². The molecule has 0 heterocycles. The lowest BCUT2D eigenvalue weighted by molar-refractivity contribution is -0.117. The van der Waals surface area contributed by atoms with Gasteiger partial charge >= 0.3 is 0 Å². The van der Waals surface area contributed by atoms with Gasteiger partial charge in [-0.3, -0.25) is 9.69 Å². The van der Waals surface area contributed by atoms with Crippen LogP contribution in [0.15, 0.2) is 24.3 Å². The topological polar surface area (TPSA) is 52.6 Å². The molecule has 1 amide bonds. The van der Waals surface area contributed by atoms with E-state index in [9.17, 15) is 4.79 Å². The highest BCUT2D eigenvalue weighted by atomic mass is 127. The first-order valence-electron chi connectivity index (χ1n) is 6.43. The summed E-state index contributed by atoms with van der Waals surface area (Å²) >= 11 is 2.22. The van der Waals surface area contributed by atoms with Gasteiger partial charge in [0, 0.05) is 28.5 Å². The summed E-state index contributed by atoms with van der Waals surface area (Å²) in [7, 11) is 0. The highest BCUT2D eigenvalue weighted by molar-refractivity contribution is 14.1. The number of carbonyl (C=O) groups is 1. The van der Waals surface area contributed by atoms with E-state index in [2.05, 4.69) is 46.7 Å². The van der Waals surface area contributed by atoms with Gasteiger partial charge in [0.15, 0.2) is 0 Å². The molecule has 0 saturated heterocycles. The van der Waals surface area contributed by atoms with Gasteiger partial charge in [-0.15, -0.1) is 0 Å². The van der Waals surface area contributed by atoms with Gasteiger partial charge in [-0.2, -0.15) is 0 Å². The second-order valence-electron chi connectivity index (χ2n) is 4.70. The van der Waals surface area contributed by atoms with Crippen molar-refractivity contribution in [3.8, 4) is 0 Å². The third kappa shape index (κ3) is 6.35. The normalized spacial score (nSPS) is 11.1. The van der Waals surface area contributed by atoms with Crippen LogP contribution < -0.4 is 5.32 Å². The number of amides is 1. The van der Waals surface area contributed by atoms with E-state index >= 15 is 0 Å². The number of hydrogen-bond donors (Lipinski definition) is 2. The summed E-state index contributed by atoms with van der Waals surface area (Å²) in [5.41, 5.74) is 0.822. The number of benzene rings is 1. The second-order valence-corrected chi connectivity index (χ2v) is 5.95.